The minimum atomic E-state index is -0.565. The summed E-state index contributed by atoms with van der Waals surface area (Å²) in [5, 5.41) is 13.7. The molecule has 0 saturated carbocycles. The third-order valence-electron chi connectivity index (χ3n) is 2.95. The van der Waals surface area contributed by atoms with Gasteiger partial charge in [0.1, 0.15) is 5.76 Å². The lowest BCUT2D eigenvalue weighted by Gasteiger charge is -2.07. The van der Waals surface area contributed by atoms with Crippen LogP contribution in [0.15, 0.2) is 41.0 Å². The van der Waals surface area contributed by atoms with Gasteiger partial charge in [-0.2, -0.15) is 0 Å². The maximum absolute atomic E-state index is 12.0. The number of benzene rings is 1. The standard InChI is InChI=1S/C15H16N2O5/c1-2-21-14-6-5-11(10-13(14)17(19)20)15(18)16-8-7-12-4-3-9-22-12/h3-6,9-10H,2,7-8H2,1H3,(H,16,18). The molecule has 1 heterocycles. The van der Waals surface area contributed by atoms with Crippen molar-refractivity contribution < 1.29 is 18.9 Å². The van der Waals surface area contributed by atoms with Crippen LogP contribution in [0.2, 0.25) is 0 Å². The normalized spacial score (nSPS) is 10.2. The Morgan fingerprint density at radius 3 is 2.86 bits per heavy atom. The molecular formula is C15H16N2O5. The largest absolute Gasteiger partial charge is 0.487 e. The van der Waals surface area contributed by atoms with Crippen molar-refractivity contribution in [2.24, 2.45) is 0 Å². The van der Waals surface area contributed by atoms with E-state index in [1.165, 1.54) is 18.2 Å². The van der Waals surface area contributed by atoms with Crippen molar-refractivity contribution in [2.45, 2.75) is 13.3 Å². The van der Waals surface area contributed by atoms with Gasteiger partial charge in [-0.05, 0) is 31.2 Å². The summed E-state index contributed by atoms with van der Waals surface area (Å²) in [6.07, 6.45) is 2.12. The van der Waals surface area contributed by atoms with Crippen LogP contribution in [0.5, 0.6) is 5.75 Å². The molecule has 0 spiro atoms. The van der Waals surface area contributed by atoms with E-state index in [9.17, 15) is 14.9 Å². The van der Waals surface area contributed by atoms with Crippen LogP contribution in [-0.4, -0.2) is 24.0 Å². The summed E-state index contributed by atoms with van der Waals surface area (Å²) in [6.45, 7) is 2.43. The molecule has 0 atom stereocenters. The molecule has 0 radical (unpaired) electrons. The number of hydrogen-bond acceptors (Lipinski definition) is 5. The molecule has 0 bridgehead atoms. The number of nitro groups is 1. The Balaban J connectivity index is 2.02. The lowest BCUT2D eigenvalue weighted by molar-refractivity contribution is -0.385. The summed E-state index contributed by atoms with van der Waals surface area (Å²) in [7, 11) is 0. The van der Waals surface area contributed by atoms with Crippen LogP contribution in [0.3, 0.4) is 0 Å². The van der Waals surface area contributed by atoms with Crippen molar-refractivity contribution in [3.63, 3.8) is 0 Å². The van der Waals surface area contributed by atoms with Gasteiger partial charge in [-0.1, -0.05) is 0 Å². The Hall–Kier alpha value is -2.83. The number of carbonyl (C=O) groups is 1. The Bertz CT molecular complexity index is 652. The maximum Gasteiger partial charge on any atom is 0.311 e. The number of nitrogens with one attached hydrogen (secondary N) is 1. The van der Waals surface area contributed by atoms with Crippen molar-refractivity contribution in [3.05, 3.63) is 58.0 Å². The zero-order valence-electron chi connectivity index (χ0n) is 12.1. The van der Waals surface area contributed by atoms with E-state index in [1.807, 2.05) is 6.07 Å². The van der Waals surface area contributed by atoms with Crippen molar-refractivity contribution in [3.8, 4) is 5.75 Å². The van der Waals surface area contributed by atoms with Gasteiger partial charge >= 0.3 is 5.69 Å². The Labute approximate surface area is 127 Å². The first-order valence-electron chi connectivity index (χ1n) is 6.83. The van der Waals surface area contributed by atoms with Crippen LogP contribution in [0.4, 0.5) is 5.69 Å². The molecule has 7 heteroatoms. The summed E-state index contributed by atoms with van der Waals surface area (Å²) in [5.74, 6) is 0.537. The first kappa shape index (κ1) is 15.6. The monoisotopic (exact) mass is 304 g/mol. The molecule has 1 aromatic heterocycles. The molecule has 0 fully saturated rings. The molecule has 7 nitrogen and oxygen atoms in total. The number of amides is 1. The Morgan fingerprint density at radius 2 is 2.23 bits per heavy atom. The third-order valence-corrected chi connectivity index (χ3v) is 2.95. The van der Waals surface area contributed by atoms with Gasteiger partial charge in [0.15, 0.2) is 5.75 Å². The zero-order chi connectivity index (χ0) is 15.9. The van der Waals surface area contributed by atoms with Gasteiger partial charge in [-0.25, -0.2) is 0 Å². The molecule has 1 aromatic carbocycles. The molecule has 0 aliphatic rings. The number of furan rings is 1. The van der Waals surface area contributed by atoms with Crippen LogP contribution in [0, 0.1) is 10.1 Å². The van der Waals surface area contributed by atoms with E-state index in [2.05, 4.69) is 5.32 Å². The highest BCUT2D eigenvalue weighted by atomic mass is 16.6. The topological polar surface area (TPSA) is 94.6 Å². The highest BCUT2D eigenvalue weighted by Crippen LogP contribution is 2.27. The van der Waals surface area contributed by atoms with Crippen molar-refractivity contribution in [2.75, 3.05) is 13.2 Å². The zero-order valence-corrected chi connectivity index (χ0v) is 12.1. The van der Waals surface area contributed by atoms with Gasteiger partial charge in [0, 0.05) is 24.6 Å². The molecule has 2 rings (SSSR count). The van der Waals surface area contributed by atoms with Crippen LogP contribution >= 0.6 is 0 Å². The van der Waals surface area contributed by atoms with Gasteiger partial charge < -0.3 is 14.5 Å². The average molecular weight is 304 g/mol. The Morgan fingerprint density at radius 1 is 1.41 bits per heavy atom. The second-order valence-corrected chi connectivity index (χ2v) is 4.46. The van der Waals surface area contributed by atoms with Gasteiger partial charge in [-0.15, -0.1) is 0 Å². The lowest BCUT2D eigenvalue weighted by Crippen LogP contribution is -2.25. The van der Waals surface area contributed by atoms with E-state index < -0.39 is 4.92 Å². The predicted octanol–water partition coefficient (Wildman–Crippen LogP) is 2.56. The smallest absolute Gasteiger partial charge is 0.311 e. The van der Waals surface area contributed by atoms with Crippen molar-refractivity contribution in [1.82, 2.24) is 5.32 Å². The van der Waals surface area contributed by atoms with Crippen molar-refractivity contribution in [1.29, 1.82) is 0 Å². The molecule has 0 unspecified atom stereocenters. The molecule has 1 N–H and O–H groups in total. The van der Waals surface area contributed by atoms with Gasteiger partial charge in [-0.3, -0.25) is 14.9 Å². The highest BCUT2D eigenvalue weighted by molar-refractivity contribution is 5.95. The molecular weight excluding hydrogens is 288 g/mol. The first-order valence-corrected chi connectivity index (χ1v) is 6.83. The number of ether oxygens (including phenoxy) is 1. The maximum atomic E-state index is 12.0. The molecule has 2 aromatic rings. The van der Waals surface area contributed by atoms with Crippen molar-refractivity contribution >= 4 is 11.6 Å². The minimum absolute atomic E-state index is 0.152. The quantitative estimate of drug-likeness (QED) is 0.626. The first-order chi connectivity index (χ1) is 10.6. The predicted molar refractivity (Wildman–Crippen MR) is 79.0 cm³/mol. The van der Waals surface area contributed by atoms with Crippen LogP contribution < -0.4 is 10.1 Å². The summed E-state index contributed by atoms with van der Waals surface area (Å²) in [5.41, 5.74) is -0.00451. The fourth-order valence-electron chi connectivity index (χ4n) is 1.93. The fourth-order valence-corrected chi connectivity index (χ4v) is 1.93. The number of hydrogen-bond donors (Lipinski definition) is 1. The molecule has 1 amide bonds. The van der Waals surface area contributed by atoms with Crippen LogP contribution in [0.1, 0.15) is 23.0 Å². The lowest BCUT2D eigenvalue weighted by atomic mass is 10.1. The second kappa shape index (κ2) is 7.26. The summed E-state index contributed by atoms with van der Waals surface area (Å²) in [4.78, 5) is 22.5. The molecule has 0 aliphatic carbocycles. The van der Waals surface area contributed by atoms with E-state index >= 15 is 0 Å². The molecule has 0 aliphatic heterocycles. The van der Waals surface area contributed by atoms with E-state index in [-0.39, 0.29) is 22.9 Å². The number of carbonyl (C=O) groups excluding carboxylic acids is 1. The minimum Gasteiger partial charge on any atom is -0.487 e. The van der Waals surface area contributed by atoms with E-state index in [1.54, 1.807) is 19.3 Å². The van der Waals surface area contributed by atoms with Crippen LogP contribution in [0.25, 0.3) is 0 Å². The number of nitro benzene ring substituents is 1. The number of nitrogens with zero attached hydrogens (tertiary/aromatic N) is 1. The Kier molecular flexibility index (Phi) is 5.13. The SMILES string of the molecule is CCOc1ccc(C(=O)NCCc2ccco2)cc1[N+](=O)[O-]. The third kappa shape index (κ3) is 3.85. The summed E-state index contributed by atoms with van der Waals surface area (Å²) < 4.78 is 10.3. The molecule has 22 heavy (non-hydrogen) atoms. The van der Waals surface area contributed by atoms with Gasteiger partial charge in [0.05, 0.1) is 17.8 Å². The summed E-state index contributed by atoms with van der Waals surface area (Å²) >= 11 is 0. The van der Waals surface area contributed by atoms with Gasteiger partial charge in [0.2, 0.25) is 0 Å². The van der Waals surface area contributed by atoms with Gasteiger partial charge in [0.25, 0.3) is 5.91 Å². The van der Waals surface area contributed by atoms with Crippen LogP contribution in [-0.2, 0) is 6.42 Å². The fraction of sp³-hybridized carbons (Fsp3) is 0.267. The number of rotatable bonds is 7. The summed E-state index contributed by atoms with van der Waals surface area (Å²) in [6, 6.07) is 7.73. The van der Waals surface area contributed by atoms with E-state index in [0.29, 0.717) is 19.6 Å². The van der Waals surface area contributed by atoms with E-state index in [4.69, 9.17) is 9.15 Å². The molecule has 0 saturated heterocycles. The highest BCUT2D eigenvalue weighted by Gasteiger charge is 2.18. The average Bonchev–Trinajstić information content (AvgIpc) is 3.01. The second-order valence-electron chi connectivity index (χ2n) is 4.46. The molecule has 116 valence electrons. The van der Waals surface area contributed by atoms with E-state index in [0.717, 1.165) is 5.76 Å².